The molecule has 0 bridgehead atoms. The molecule has 0 N–H and O–H groups in total. The molecule has 1 aliphatic rings. The minimum Gasteiger partial charge on any atom is -0.361 e. The zero-order valence-corrected chi connectivity index (χ0v) is 12.4. The first-order valence-electron chi connectivity index (χ1n) is 7.41. The lowest BCUT2D eigenvalue weighted by Gasteiger charge is -2.07. The summed E-state index contributed by atoms with van der Waals surface area (Å²) in [4.78, 5) is 12.4. The van der Waals surface area contributed by atoms with E-state index in [0.29, 0.717) is 28.9 Å². The molecule has 114 valence electrons. The van der Waals surface area contributed by atoms with Gasteiger partial charge in [0.15, 0.2) is 0 Å². The molecule has 4 rings (SSSR count). The highest BCUT2D eigenvalue weighted by Gasteiger charge is 2.31. The molecule has 0 amide bonds. The van der Waals surface area contributed by atoms with Crippen LogP contribution in [0.1, 0.15) is 37.7 Å². The summed E-state index contributed by atoms with van der Waals surface area (Å²) in [6, 6.07) is 5.45. The molecule has 0 saturated heterocycles. The normalized spacial score (nSPS) is 15.5. The van der Waals surface area contributed by atoms with Gasteiger partial charge in [0, 0.05) is 11.6 Å². The standard InChI is InChI=1S/C16H13FN6/c1-9(17)13-7-10(8-19-22-13)15-20-12-5-6-14(18-2)21-16(12)23(15)11-3-4-11/h5-9,11H,3-4H2,1H3. The first-order chi connectivity index (χ1) is 11.2. The Kier molecular flexibility index (Phi) is 3.05. The first kappa shape index (κ1) is 13.8. The number of hydrogen-bond acceptors (Lipinski definition) is 4. The van der Waals surface area contributed by atoms with Gasteiger partial charge in [0.1, 0.15) is 17.5 Å². The minimum absolute atomic E-state index is 0.284. The number of hydrogen-bond donors (Lipinski definition) is 0. The largest absolute Gasteiger partial charge is 0.361 e. The number of alkyl halides is 1. The summed E-state index contributed by atoms with van der Waals surface area (Å²) in [6.45, 7) is 8.56. The maximum Gasteiger partial charge on any atom is 0.271 e. The quantitative estimate of drug-likeness (QED) is 0.690. The average Bonchev–Trinajstić information content (AvgIpc) is 3.34. The SMILES string of the molecule is [C-]#[N+]c1ccc2nc(-c3cnnc(C(C)F)c3)n(C3CC3)c2n1. The number of rotatable bonds is 3. The maximum absolute atomic E-state index is 13.5. The lowest BCUT2D eigenvalue weighted by molar-refractivity contribution is 0.363. The van der Waals surface area contributed by atoms with Crippen LogP contribution >= 0.6 is 0 Å². The summed E-state index contributed by atoms with van der Waals surface area (Å²) in [6.07, 6.45) is 2.50. The van der Waals surface area contributed by atoms with Crippen LogP contribution in [-0.4, -0.2) is 24.7 Å². The number of fused-ring (bicyclic) bond motifs is 1. The average molecular weight is 308 g/mol. The van der Waals surface area contributed by atoms with Crippen LogP contribution in [0, 0.1) is 6.57 Å². The van der Waals surface area contributed by atoms with Gasteiger partial charge in [-0.3, -0.25) is 4.57 Å². The Hall–Kier alpha value is -2.88. The third-order valence-corrected chi connectivity index (χ3v) is 3.89. The smallest absolute Gasteiger partial charge is 0.271 e. The molecule has 3 heterocycles. The number of halogens is 1. The Morgan fingerprint density at radius 2 is 2.17 bits per heavy atom. The molecule has 1 aliphatic carbocycles. The van der Waals surface area contributed by atoms with Crippen molar-refractivity contribution in [2.75, 3.05) is 0 Å². The van der Waals surface area contributed by atoms with Gasteiger partial charge in [0.05, 0.1) is 11.9 Å². The molecule has 0 spiro atoms. The van der Waals surface area contributed by atoms with Crippen molar-refractivity contribution < 1.29 is 4.39 Å². The van der Waals surface area contributed by atoms with E-state index < -0.39 is 6.17 Å². The van der Waals surface area contributed by atoms with Crippen molar-refractivity contribution in [3.63, 3.8) is 0 Å². The predicted molar refractivity (Wildman–Crippen MR) is 82.6 cm³/mol. The lowest BCUT2D eigenvalue weighted by atomic mass is 10.2. The highest BCUT2D eigenvalue weighted by molar-refractivity contribution is 5.79. The topological polar surface area (TPSA) is 60.9 Å². The summed E-state index contributed by atoms with van der Waals surface area (Å²) in [5.41, 5.74) is 2.43. The molecular weight excluding hydrogens is 295 g/mol. The van der Waals surface area contributed by atoms with Crippen LogP contribution in [-0.2, 0) is 0 Å². The van der Waals surface area contributed by atoms with Crippen LogP contribution in [0.5, 0.6) is 0 Å². The van der Waals surface area contributed by atoms with Gasteiger partial charge in [-0.2, -0.15) is 10.2 Å². The predicted octanol–water partition coefficient (Wildman–Crippen LogP) is 3.80. The molecule has 1 atom stereocenters. The second-order valence-electron chi connectivity index (χ2n) is 5.65. The molecular formula is C16H13FN6. The van der Waals surface area contributed by atoms with Gasteiger partial charge in [-0.15, -0.1) is 0 Å². The van der Waals surface area contributed by atoms with Crippen LogP contribution in [0.3, 0.4) is 0 Å². The van der Waals surface area contributed by atoms with E-state index in [9.17, 15) is 4.39 Å². The molecule has 6 nitrogen and oxygen atoms in total. The van der Waals surface area contributed by atoms with E-state index in [-0.39, 0.29) is 5.69 Å². The Labute approximate surface area is 131 Å². The fourth-order valence-corrected chi connectivity index (χ4v) is 2.61. The number of pyridine rings is 1. The summed E-state index contributed by atoms with van der Waals surface area (Å²) in [5, 5.41) is 7.71. The van der Waals surface area contributed by atoms with E-state index in [2.05, 4.69) is 25.0 Å². The van der Waals surface area contributed by atoms with Gasteiger partial charge in [-0.1, -0.05) is 11.6 Å². The summed E-state index contributed by atoms with van der Waals surface area (Å²) < 4.78 is 15.6. The van der Waals surface area contributed by atoms with Crippen LogP contribution < -0.4 is 0 Å². The van der Waals surface area contributed by atoms with Gasteiger partial charge in [0.25, 0.3) is 11.5 Å². The monoisotopic (exact) mass is 308 g/mol. The van der Waals surface area contributed by atoms with Crippen molar-refractivity contribution in [3.8, 4) is 11.4 Å². The zero-order valence-electron chi connectivity index (χ0n) is 12.4. The third-order valence-electron chi connectivity index (χ3n) is 3.89. The summed E-state index contributed by atoms with van der Waals surface area (Å²) in [7, 11) is 0. The van der Waals surface area contributed by atoms with Crippen molar-refractivity contribution in [3.05, 3.63) is 41.5 Å². The van der Waals surface area contributed by atoms with Gasteiger partial charge >= 0.3 is 0 Å². The van der Waals surface area contributed by atoms with Crippen LogP contribution in [0.4, 0.5) is 10.2 Å². The number of imidazole rings is 1. The van der Waals surface area contributed by atoms with Gasteiger partial charge in [-0.05, 0) is 38.0 Å². The van der Waals surface area contributed by atoms with Crippen molar-refractivity contribution in [2.45, 2.75) is 32.0 Å². The van der Waals surface area contributed by atoms with E-state index in [4.69, 9.17) is 6.57 Å². The molecule has 1 unspecified atom stereocenters. The Morgan fingerprint density at radius 3 is 2.87 bits per heavy atom. The molecule has 3 aromatic heterocycles. The van der Waals surface area contributed by atoms with Crippen LogP contribution in [0.25, 0.3) is 27.4 Å². The molecule has 1 fully saturated rings. The Bertz CT molecular complexity index is 935. The highest BCUT2D eigenvalue weighted by atomic mass is 19.1. The maximum atomic E-state index is 13.5. The summed E-state index contributed by atoms with van der Waals surface area (Å²) >= 11 is 0. The van der Waals surface area contributed by atoms with Crippen molar-refractivity contribution >= 4 is 17.0 Å². The number of nitrogens with zero attached hydrogens (tertiary/aromatic N) is 6. The fourth-order valence-electron chi connectivity index (χ4n) is 2.61. The molecule has 0 radical (unpaired) electrons. The van der Waals surface area contributed by atoms with Crippen LogP contribution in [0.2, 0.25) is 0 Å². The lowest BCUT2D eigenvalue weighted by Crippen LogP contribution is -2.01. The van der Waals surface area contributed by atoms with E-state index in [1.165, 1.54) is 6.92 Å². The minimum atomic E-state index is -1.19. The fraction of sp³-hybridized carbons (Fsp3) is 0.312. The van der Waals surface area contributed by atoms with Gasteiger partial charge < -0.3 is 4.85 Å². The van der Waals surface area contributed by atoms with Crippen molar-refractivity contribution in [1.82, 2.24) is 24.7 Å². The first-order valence-corrected chi connectivity index (χ1v) is 7.41. The summed E-state index contributed by atoms with van der Waals surface area (Å²) in [5.74, 6) is 1.05. The van der Waals surface area contributed by atoms with E-state index >= 15 is 0 Å². The second kappa shape index (κ2) is 5.09. The molecule has 3 aromatic rings. The van der Waals surface area contributed by atoms with E-state index in [1.54, 1.807) is 24.4 Å². The highest BCUT2D eigenvalue weighted by Crippen LogP contribution is 2.41. The molecule has 23 heavy (non-hydrogen) atoms. The van der Waals surface area contributed by atoms with Gasteiger partial charge in [-0.25, -0.2) is 9.37 Å². The Balaban J connectivity index is 1.95. The molecule has 0 aliphatic heterocycles. The molecule has 1 saturated carbocycles. The zero-order chi connectivity index (χ0) is 16.0. The Morgan fingerprint density at radius 1 is 1.35 bits per heavy atom. The van der Waals surface area contributed by atoms with Crippen LogP contribution in [0.15, 0.2) is 24.4 Å². The molecule has 7 heteroatoms. The van der Waals surface area contributed by atoms with Crippen molar-refractivity contribution in [2.24, 2.45) is 0 Å². The van der Waals surface area contributed by atoms with E-state index in [0.717, 1.165) is 18.4 Å². The third kappa shape index (κ3) is 2.32. The van der Waals surface area contributed by atoms with Gasteiger partial charge in [0.2, 0.25) is 0 Å². The second-order valence-corrected chi connectivity index (χ2v) is 5.65. The molecule has 0 aromatic carbocycles. The van der Waals surface area contributed by atoms with Crippen molar-refractivity contribution in [1.29, 1.82) is 0 Å². The van der Waals surface area contributed by atoms with E-state index in [1.807, 2.05) is 4.57 Å². The number of aromatic nitrogens is 5.